The molecule has 1 aromatic heterocycles. The molecule has 0 unspecified atom stereocenters. The number of hydrogen-bond donors (Lipinski definition) is 4. The maximum absolute atomic E-state index is 8.37. The van der Waals surface area contributed by atoms with Crippen molar-refractivity contribution in [3.63, 3.8) is 0 Å². The molecule has 0 aromatic carbocycles. The molecule has 11 heavy (non-hydrogen) atoms. The van der Waals surface area contributed by atoms with Crippen LogP contribution < -0.4 is 5.66 Å². The minimum atomic E-state index is -1.48. The third-order valence-electron chi connectivity index (χ3n) is 0.798. The molecular weight excluding hydrogens is 150 g/mol. The Balaban J connectivity index is 0.000000292. The molecule has 0 saturated carbocycles. The van der Waals surface area contributed by atoms with E-state index in [9.17, 15) is 0 Å². The van der Waals surface area contributed by atoms with E-state index >= 15 is 0 Å². The van der Waals surface area contributed by atoms with Crippen LogP contribution in [0, 0.1) is 0 Å². The van der Waals surface area contributed by atoms with E-state index in [1.807, 2.05) is 0 Å². The Kier molecular flexibility index (Phi) is 5.58. The van der Waals surface area contributed by atoms with Gasteiger partial charge < -0.3 is 24.5 Å². The summed E-state index contributed by atoms with van der Waals surface area (Å²) in [6, 6.07) is 3.08. The molecule has 0 spiro atoms. The Morgan fingerprint density at radius 2 is 1.91 bits per heavy atom. The van der Waals surface area contributed by atoms with Gasteiger partial charge in [0, 0.05) is 0 Å². The molecular formula is C4H7B2O5. The molecule has 5 nitrogen and oxygen atoms in total. The molecule has 7 heteroatoms. The predicted octanol–water partition coefficient (Wildman–Crippen LogP) is -2.54. The van der Waals surface area contributed by atoms with Crippen molar-refractivity contribution in [1.29, 1.82) is 0 Å². The zero-order valence-corrected chi connectivity index (χ0v) is 5.58. The largest absolute Gasteiger partial charge is 0.526 e. The normalized spacial score (nSPS) is 8.00. The summed E-state index contributed by atoms with van der Waals surface area (Å²) in [5.74, 6) is 0. The summed E-state index contributed by atoms with van der Waals surface area (Å²) >= 11 is 0. The lowest BCUT2D eigenvalue weighted by Crippen LogP contribution is -2.27. The van der Waals surface area contributed by atoms with E-state index in [1.54, 1.807) is 6.07 Å². The minimum absolute atomic E-state index is 0. The van der Waals surface area contributed by atoms with Crippen LogP contribution in [-0.4, -0.2) is 34.9 Å². The molecule has 0 amide bonds. The zero-order valence-electron chi connectivity index (χ0n) is 5.58. The van der Waals surface area contributed by atoms with Crippen molar-refractivity contribution < 1.29 is 24.5 Å². The fraction of sp³-hybridized carbons (Fsp3) is 0. The number of hydrogen-bond acceptors (Lipinski definition) is 5. The van der Waals surface area contributed by atoms with Crippen LogP contribution in [0.1, 0.15) is 0 Å². The van der Waals surface area contributed by atoms with Gasteiger partial charge in [-0.15, -0.1) is 0 Å². The molecule has 4 N–H and O–H groups in total. The van der Waals surface area contributed by atoms with Crippen LogP contribution in [0.15, 0.2) is 22.8 Å². The Morgan fingerprint density at radius 3 is 2.09 bits per heavy atom. The summed E-state index contributed by atoms with van der Waals surface area (Å²) in [4.78, 5) is 0. The summed E-state index contributed by atoms with van der Waals surface area (Å²) < 4.78 is 4.59. The highest BCUT2D eigenvalue weighted by atomic mass is 16.4. The predicted molar refractivity (Wildman–Crippen MR) is 38.7 cm³/mol. The summed E-state index contributed by atoms with van der Waals surface area (Å²) in [6.07, 6.45) is 1.38. The molecule has 0 fully saturated rings. The lowest BCUT2D eigenvalue weighted by Gasteiger charge is -1.86. The molecule has 1 aromatic rings. The fourth-order valence-electron chi connectivity index (χ4n) is 0.438. The standard InChI is InChI=1S/C4H5BO3.BH2O2/c6-5(7)4-2-1-3-8-4;2-1-3/h1-3,6-7H;2-3H. The highest BCUT2D eigenvalue weighted by Crippen LogP contribution is 1.82. The first kappa shape index (κ1) is 10.2. The second-order valence-corrected chi connectivity index (χ2v) is 1.50. The van der Waals surface area contributed by atoms with Gasteiger partial charge in [-0.3, -0.25) is 0 Å². The van der Waals surface area contributed by atoms with E-state index in [1.165, 1.54) is 12.3 Å². The molecule has 0 aliphatic rings. The van der Waals surface area contributed by atoms with E-state index in [0.717, 1.165) is 0 Å². The van der Waals surface area contributed by atoms with Crippen molar-refractivity contribution in [2.75, 3.05) is 0 Å². The Labute approximate surface area is 64.4 Å². The lowest BCUT2D eigenvalue weighted by atomic mass is 9.88. The first-order valence-corrected chi connectivity index (χ1v) is 2.72. The highest BCUT2D eigenvalue weighted by Gasteiger charge is 2.12. The van der Waals surface area contributed by atoms with Crippen molar-refractivity contribution in [3.05, 3.63) is 18.4 Å². The third kappa shape index (κ3) is 4.63. The second-order valence-electron chi connectivity index (χ2n) is 1.50. The summed E-state index contributed by atoms with van der Waals surface area (Å²) in [7, 11) is -1.48. The van der Waals surface area contributed by atoms with Gasteiger partial charge in [0.25, 0.3) is 0 Å². The van der Waals surface area contributed by atoms with Crippen molar-refractivity contribution in [3.8, 4) is 0 Å². The maximum atomic E-state index is 8.37. The molecule has 0 aliphatic carbocycles. The number of furan rings is 1. The number of rotatable bonds is 1. The quantitative estimate of drug-likeness (QED) is 0.337. The van der Waals surface area contributed by atoms with Crippen LogP contribution in [-0.2, 0) is 0 Å². The summed E-state index contributed by atoms with van der Waals surface area (Å²) in [5, 5.41) is 30.7. The van der Waals surface area contributed by atoms with Crippen molar-refractivity contribution >= 4 is 20.5 Å². The van der Waals surface area contributed by atoms with Gasteiger partial charge in [-0.25, -0.2) is 0 Å². The van der Waals surface area contributed by atoms with Crippen molar-refractivity contribution in [1.82, 2.24) is 0 Å². The van der Waals surface area contributed by atoms with Crippen LogP contribution in [0.2, 0.25) is 0 Å². The molecule has 0 saturated heterocycles. The topological polar surface area (TPSA) is 94.1 Å². The van der Waals surface area contributed by atoms with Crippen LogP contribution in [0.25, 0.3) is 0 Å². The second kappa shape index (κ2) is 5.99. The monoisotopic (exact) mass is 157 g/mol. The highest BCUT2D eigenvalue weighted by molar-refractivity contribution is 6.56. The van der Waals surface area contributed by atoms with E-state index in [0.29, 0.717) is 0 Å². The molecule has 1 radical (unpaired) electrons. The average Bonchev–Trinajstić information content (AvgIpc) is 2.38. The van der Waals surface area contributed by atoms with E-state index in [-0.39, 0.29) is 13.3 Å². The van der Waals surface area contributed by atoms with E-state index < -0.39 is 7.12 Å². The molecule has 59 valence electrons. The van der Waals surface area contributed by atoms with E-state index in [4.69, 9.17) is 20.1 Å². The van der Waals surface area contributed by atoms with Gasteiger partial charge in [-0.05, 0) is 12.1 Å². The van der Waals surface area contributed by atoms with Gasteiger partial charge in [-0.2, -0.15) is 0 Å². The Hall–Kier alpha value is -0.750. The van der Waals surface area contributed by atoms with Gasteiger partial charge in [-0.1, -0.05) is 0 Å². The first-order valence-electron chi connectivity index (χ1n) is 2.72. The van der Waals surface area contributed by atoms with Crippen molar-refractivity contribution in [2.24, 2.45) is 0 Å². The molecule has 1 heterocycles. The minimum Gasteiger partial charge on any atom is -0.473 e. The van der Waals surface area contributed by atoms with Crippen LogP contribution in [0.4, 0.5) is 0 Å². The Bertz CT molecular complexity index is 163. The fourth-order valence-corrected chi connectivity index (χ4v) is 0.438. The van der Waals surface area contributed by atoms with E-state index in [2.05, 4.69) is 4.42 Å². The summed E-state index contributed by atoms with van der Waals surface area (Å²) in [5.41, 5.74) is 0.171. The first-order chi connectivity index (χ1) is 5.22. The molecule has 0 bridgehead atoms. The maximum Gasteiger partial charge on any atom is 0.526 e. The Morgan fingerprint density at radius 1 is 1.36 bits per heavy atom. The van der Waals surface area contributed by atoms with Gasteiger partial charge >= 0.3 is 14.8 Å². The van der Waals surface area contributed by atoms with Gasteiger partial charge in [0.05, 0.1) is 6.26 Å². The average molecular weight is 157 g/mol. The molecule has 0 atom stereocenters. The lowest BCUT2D eigenvalue weighted by molar-refractivity contribution is 0.409. The van der Waals surface area contributed by atoms with Crippen molar-refractivity contribution in [2.45, 2.75) is 0 Å². The molecule has 0 aliphatic heterocycles. The van der Waals surface area contributed by atoms with Crippen LogP contribution in [0.3, 0.4) is 0 Å². The smallest absolute Gasteiger partial charge is 0.473 e. The SMILES string of the molecule is OB(O)c1ccco1.O[B]O. The molecule has 1 rings (SSSR count). The van der Waals surface area contributed by atoms with Gasteiger partial charge in [0.15, 0.2) is 0 Å². The van der Waals surface area contributed by atoms with Gasteiger partial charge in [0.1, 0.15) is 5.66 Å². The van der Waals surface area contributed by atoms with Gasteiger partial charge in [0.2, 0.25) is 0 Å². The van der Waals surface area contributed by atoms with Crippen LogP contribution in [0.5, 0.6) is 0 Å². The summed E-state index contributed by atoms with van der Waals surface area (Å²) in [6.45, 7) is 0. The van der Waals surface area contributed by atoms with Crippen LogP contribution >= 0.6 is 0 Å². The zero-order chi connectivity index (χ0) is 8.69. The third-order valence-corrected chi connectivity index (χ3v) is 0.798.